The molecule has 2 unspecified atom stereocenters. The van der Waals surface area contributed by atoms with Crippen LogP contribution in [0.3, 0.4) is 0 Å². The van der Waals surface area contributed by atoms with Gasteiger partial charge in [-0.15, -0.1) is 0 Å². The van der Waals surface area contributed by atoms with Gasteiger partial charge in [0.15, 0.2) is 0 Å². The van der Waals surface area contributed by atoms with E-state index < -0.39 is 0 Å². The number of piperidine rings is 1. The molecule has 2 amide bonds. The minimum Gasteiger partial charge on any atom is -0.356 e. The monoisotopic (exact) mass is 351 g/mol. The molecule has 0 aromatic heterocycles. The Kier molecular flexibility index (Phi) is 6.18. The molecule has 2 rings (SSSR count). The van der Waals surface area contributed by atoms with E-state index >= 15 is 0 Å². The molecule has 25 heavy (non-hydrogen) atoms. The zero-order chi connectivity index (χ0) is 18.8. The average molecular weight is 352 g/mol. The summed E-state index contributed by atoms with van der Waals surface area (Å²) in [5, 5.41) is 6.14. The first-order valence-electron chi connectivity index (χ1n) is 9.76. The van der Waals surface area contributed by atoms with Gasteiger partial charge in [0, 0.05) is 30.6 Å². The third-order valence-corrected chi connectivity index (χ3v) is 5.11. The summed E-state index contributed by atoms with van der Waals surface area (Å²) >= 11 is 0. The Labute approximate surface area is 153 Å². The fourth-order valence-corrected chi connectivity index (χ4v) is 4.13. The summed E-state index contributed by atoms with van der Waals surface area (Å²) in [5.41, 5.74) is -0.0575. The Morgan fingerprint density at radius 3 is 2.00 bits per heavy atom. The molecule has 2 aliphatic heterocycles. The Balaban J connectivity index is 1.81. The van der Waals surface area contributed by atoms with Gasteiger partial charge in [0.25, 0.3) is 0 Å². The zero-order valence-corrected chi connectivity index (χ0v) is 16.9. The molecule has 5 nitrogen and oxygen atoms in total. The molecule has 2 aliphatic rings. The smallest absolute Gasteiger partial charge is 0.234 e. The van der Waals surface area contributed by atoms with Crippen LogP contribution in [0.4, 0.5) is 0 Å². The van der Waals surface area contributed by atoms with Gasteiger partial charge in [-0.3, -0.25) is 14.5 Å². The lowest BCUT2D eigenvalue weighted by Crippen LogP contribution is -2.51. The molecule has 2 fully saturated rings. The quantitative estimate of drug-likeness (QED) is 0.800. The first kappa shape index (κ1) is 20.2. The minimum atomic E-state index is -0.181. The molecular weight excluding hydrogens is 314 g/mol. The van der Waals surface area contributed by atoms with E-state index in [9.17, 15) is 9.59 Å². The molecule has 2 atom stereocenters. The average Bonchev–Trinajstić information content (AvgIpc) is 2.66. The largest absolute Gasteiger partial charge is 0.356 e. The predicted octanol–water partition coefficient (Wildman–Crippen LogP) is 2.70. The summed E-state index contributed by atoms with van der Waals surface area (Å²) in [6.07, 6.45) is 5.04. The van der Waals surface area contributed by atoms with Crippen LogP contribution in [-0.4, -0.2) is 47.4 Å². The van der Waals surface area contributed by atoms with Crippen LogP contribution in [0.2, 0.25) is 0 Å². The van der Waals surface area contributed by atoms with Crippen LogP contribution in [0.15, 0.2) is 0 Å². The van der Waals surface area contributed by atoms with Gasteiger partial charge < -0.3 is 10.6 Å². The molecule has 0 saturated carbocycles. The van der Waals surface area contributed by atoms with Gasteiger partial charge in [-0.1, -0.05) is 20.8 Å². The van der Waals surface area contributed by atoms with Crippen molar-refractivity contribution in [3.05, 3.63) is 0 Å². The molecule has 0 aromatic carbocycles. The number of rotatable bonds is 5. The van der Waals surface area contributed by atoms with Crippen LogP contribution >= 0.6 is 0 Å². The number of hydrogen-bond acceptors (Lipinski definition) is 3. The van der Waals surface area contributed by atoms with Gasteiger partial charge >= 0.3 is 0 Å². The van der Waals surface area contributed by atoms with Crippen molar-refractivity contribution in [3.63, 3.8) is 0 Å². The van der Waals surface area contributed by atoms with Gasteiger partial charge in [-0.05, 0) is 57.8 Å². The van der Waals surface area contributed by atoms with Crippen molar-refractivity contribution in [1.82, 2.24) is 15.5 Å². The summed E-state index contributed by atoms with van der Waals surface area (Å²) in [7, 11) is 0. The van der Waals surface area contributed by atoms with Crippen LogP contribution < -0.4 is 10.6 Å². The molecular formula is C20H37N3O2. The van der Waals surface area contributed by atoms with E-state index in [4.69, 9.17) is 0 Å². The second kappa shape index (κ2) is 7.65. The minimum absolute atomic E-state index is 0.116. The molecule has 2 heterocycles. The van der Waals surface area contributed by atoms with Crippen LogP contribution in [0.25, 0.3) is 0 Å². The molecule has 0 radical (unpaired) electrons. The fourth-order valence-electron chi connectivity index (χ4n) is 4.13. The Bertz CT molecular complexity index is 476. The van der Waals surface area contributed by atoms with Crippen molar-refractivity contribution >= 4 is 11.8 Å². The lowest BCUT2D eigenvalue weighted by Gasteiger charge is -2.39. The highest BCUT2D eigenvalue weighted by atomic mass is 16.2. The van der Waals surface area contributed by atoms with Crippen LogP contribution in [0, 0.1) is 11.3 Å². The number of hydrogen-bond donors (Lipinski definition) is 2. The predicted molar refractivity (Wildman–Crippen MR) is 101 cm³/mol. The first-order valence-corrected chi connectivity index (χ1v) is 9.76. The Hall–Kier alpha value is -1.10. The maximum atomic E-state index is 12.3. The molecule has 0 aromatic rings. The van der Waals surface area contributed by atoms with Gasteiger partial charge in [-0.25, -0.2) is 0 Å². The van der Waals surface area contributed by atoms with E-state index in [0.29, 0.717) is 31.0 Å². The second-order valence-corrected chi connectivity index (χ2v) is 10.2. The SMILES string of the molecule is CC(C)(C)CNC(=O)CC1CC2CCC(C1)N2CC(=O)NC(C)(C)C. The van der Waals surface area contributed by atoms with Crippen molar-refractivity contribution in [2.45, 2.75) is 91.3 Å². The summed E-state index contributed by atoms with van der Waals surface area (Å²) in [5.74, 6) is 0.753. The van der Waals surface area contributed by atoms with Gasteiger partial charge in [0.1, 0.15) is 0 Å². The fraction of sp³-hybridized carbons (Fsp3) is 0.900. The molecule has 0 spiro atoms. The van der Waals surface area contributed by atoms with E-state index in [-0.39, 0.29) is 22.8 Å². The Morgan fingerprint density at radius 2 is 1.52 bits per heavy atom. The molecule has 2 saturated heterocycles. The van der Waals surface area contributed by atoms with Crippen molar-refractivity contribution in [2.75, 3.05) is 13.1 Å². The van der Waals surface area contributed by atoms with E-state index in [1.807, 2.05) is 20.8 Å². The number of nitrogens with zero attached hydrogens (tertiary/aromatic N) is 1. The second-order valence-electron chi connectivity index (χ2n) is 10.2. The highest BCUT2D eigenvalue weighted by Crippen LogP contribution is 2.39. The molecule has 0 aliphatic carbocycles. The van der Waals surface area contributed by atoms with E-state index in [2.05, 4.69) is 36.3 Å². The number of nitrogens with one attached hydrogen (secondary N) is 2. The van der Waals surface area contributed by atoms with Crippen molar-refractivity contribution in [1.29, 1.82) is 0 Å². The normalized spacial score (nSPS) is 27.2. The third kappa shape index (κ3) is 6.61. The molecule has 5 heteroatoms. The van der Waals surface area contributed by atoms with E-state index in [1.165, 1.54) is 0 Å². The number of fused-ring (bicyclic) bond motifs is 2. The van der Waals surface area contributed by atoms with Crippen molar-refractivity contribution in [3.8, 4) is 0 Å². The third-order valence-electron chi connectivity index (χ3n) is 5.11. The van der Waals surface area contributed by atoms with Gasteiger partial charge in [-0.2, -0.15) is 0 Å². The maximum absolute atomic E-state index is 12.3. The van der Waals surface area contributed by atoms with Crippen molar-refractivity contribution < 1.29 is 9.59 Å². The molecule has 2 bridgehead atoms. The summed E-state index contributed by atoms with van der Waals surface area (Å²) in [6.45, 7) is 13.7. The number of amides is 2. The molecule has 144 valence electrons. The highest BCUT2D eigenvalue weighted by molar-refractivity contribution is 5.79. The first-order chi connectivity index (χ1) is 11.4. The van der Waals surface area contributed by atoms with Crippen LogP contribution in [0.1, 0.15) is 73.6 Å². The zero-order valence-electron chi connectivity index (χ0n) is 16.9. The van der Waals surface area contributed by atoms with E-state index in [0.717, 1.165) is 32.2 Å². The standard InChI is InChI=1S/C20H37N3O2/c1-19(2,3)13-21-17(24)11-14-9-15-7-8-16(10-14)23(15)12-18(25)22-20(4,5)6/h14-16H,7-13H2,1-6H3,(H,21,24)(H,22,25). The highest BCUT2D eigenvalue weighted by Gasteiger charge is 2.41. The van der Waals surface area contributed by atoms with Crippen molar-refractivity contribution in [2.24, 2.45) is 11.3 Å². The Morgan fingerprint density at radius 1 is 0.960 bits per heavy atom. The summed E-state index contributed by atoms with van der Waals surface area (Å²) < 4.78 is 0. The lowest BCUT2D eigenvalue weighted by molar-refractivity contribution is -0.126. The maximum Gasteiger partial charge on any atom is 0.234 e. The van der Waals surface area contributed by atoms with Gasteiger partial charge in [0.2, 0.25) is 11.8 Å². The number of carbonyl (C=O) groups excluding carboxylic acids is 2. The number of carbonyl (C=O) groups is 2. The van der Waals surface area contributed by atoms with Crippen LogP contribution in [-0.2, 0) is 9.59 Å². The molecule has 2 N–H and O–H groups in total. The van der Waals surface area contributed by atoms with Gasteiger partial charge in [0.05, 0.1) is 6.54 Å². The van der Waals surface area contributed by atoms with Crippen LogP contribution in [0.5, 0.6) is 0 Å². The summed E-state index contributed by atoms with van der Waals surface area (Å²) in [6, 6.07) is 0.926. The lowest BCUT2D eigenvalue weighted by atomic mass is 9.87. The topological polar surface area (TPSA) is 61.4 Å². The van der Waals surface area contributed by atoms with E-state index in [1.54, 1.807) is 0 Å². The summed E-state index contributed by atoms with van der Waals surface area (Å²) in [4.78, 5) is 26.9.